The van der Waals surface area contributed by atoms with Crippen LogP contribution in [0.5, 0.6) is 0 Å². The van der Waals surface area contributed by atoms with E-state index in [0.717, 1.165) is 25.5 Å². The minimum atomic E-state index is -0.472. The molecule has 1 aliphatic rings. The summed E-state index contributed by atoms with van der Waals surface area (Å²) in [6.45, 7) is 6.73. The Morgan fingerprint density at radius 1 is 1.38 bits per heavy atom. The van der Waals surface area contributed by atoms with Crippen molar-refractivity contribution in [3.63, 3.8) is 0 Å². The molecular formula is C12H21NO3. The number of aldehydes is 1. The summed E-state index contributed by atoms with van der Waals surface area (Å²) in [6, 6.07) is 0. The van der Waals surface area contributed by atoms with Gasteiger partial charge >= 0.3 is 6.09 Å². The number of carbonyl (C=O) groups is 2. The summed E-state index contributed by atoms with van der Waals surface area (Å²) in [5.41, 5.74) is -0.472. The van der Waals surface area contributed by atoms with Crippen LogP contribution < -0.4 is 0 Å². The van der Waals surface area contributed by atoms with Crippen LogP contribution >= 0.6 is 0 Å². The molecule has 1 unspecified atom stereocenters. The quantitative estimate of drug-likeness (QED) is 0.645. The fraction of sp³-hybridized carbons (Fsp3) is 0.833. The van der Waals surface area contributed by atoms with Crippen LogP contribution in [-0.2, 0) is 9.53 Å². The second-order valence-electron chi connectivity index (χ2n) is 5.32. The lowest BCUT2D eigenvalue weighted by Gasteiger charge is -2.27. The van der Waals surface area contributed by atoms with Crippen LogP contribution in [-0.4, -0.2) is 36.0 Å². The Hall–Kier alpha value is -1.06. The summed E-state index contributed by atoms with van der Waals surface area (Å²) in [5, 5.41) is 0. The molecule has 0 aromatic rings. The highest BCUT2D eigenvalue weighted by molar-refractivity contribution is 5.69. The van der Waals surface area contributed by atoms with Gasteiger partial charge in [0.25, 0.3) is 0 Å². The third-order valence-electron chi connectivity index (χ3n) is 2.55. The molecule has 1 rings (SSSR count). The maximum Gasteiger partial charge on any atom is 0.410 e. The molecule has 4 heteroatoms. The summed E-state index contributed by atoms with van der Waals surface area (Å²) >= 11 is 0. The molecule has 1 fully saturated rings. The van der Waals surface area contributed by atoms with E-state index in [2.05, 4.69) is 0 Å². The van der Waals surface area contributed by atoms with Crippen LogP contribution in [0.25, 0.3) is 0 Å². The van der Waals surface area contributed by atoms with Gasteiger partial charge in [0.05, 0.1) is 0 Å². The highest BCUT2D eigenvalue weighted by atomic mass is 16.6. The van der Waals surface area contributed by atoms with Gasteiger partial charge in [-0.15, -0.1) is 0 Å². The first-order valence-electron chi connectivity index (χ1n) is 5.85. The Kier molecular flexibility index (Phi) is 4.33. The Balaban J connectivity index is 2.56. The lowest BCUT2D eigenvalue weighted by molar-refractivity contribution is -0.111. The highest BCUT2D eigenvalue weighted by Crippen LogP contribution is 2.17. The van der Waals surface area contributed by atoms with Gasteiger partial charge < -0.3 is 14.4 Å². The van der Waals surface area contributed by atoms with Crippen LogP contribution in [0.2, 0.25) is 0 Å². The maximum atomic E-state index is 11.8. The number of nitrogens with zero attached hydrogens (tertiary/aromatic N) is 1. The maximum absolute atomic E-state index is 11.8. The van der Waals surface area contributed by atoms with Crippen molar-refractivity contribution in [2.75, 3.05) is 13.1 Å². The van der Waals surface area contributed by atoms with Crippen molar-refractivity contribution in [3.05, 3.63) is 0 Å². The number of carbonyl (C=O) groups excluding carboxylic acids is 2. The van der Waals surface area contributed by atoms with Crippen molar-refractivity contribution >= 4 is 12.4 Å². The molecule has 0 spiro atoms. The van der Waals surface area contributed by atoms with Crippen molar-refractivity contribution in [1.82, 2.24) is 4.90 Å². The van der Waals surface area contributed by atoms with Gasteiger partial charge in [0, 0.05) is 19.0 Å². The molecule has 1 amide bonds. The molecule has 0 aliphatic carbocycles. The van der Waals surface area contributed by atoms with Crippen LogP contribution in [0, 0.1) is 5.92 Å². The van der Waals surface area contributed by atoms with E-state index in [-0.39, 0.29) is 12.0 Å². The summed E-state index contributed by atoms with van der Waals surface area (Å²) < 4.78 is 5.30. The molecule has 1 atom stereocenters. The first-order chi connectivity index (χ1) is 7.42. The Bertz CT molecular complexity index is 257. The first kappa shape index (κ1) is 13.0. The zero-order valence-electron chi connectivity index (χ0n) is 10.4. The molecule has 92 valence electrons. The zero-order valence-corrected chi connectivity index (χ0v) is 10.4. The number of hydrogen-bond acceptors (Lipinski definition) is 3. The molecule has 0 saturated carbocycles. The lowest BCUT2D eigenvalue weighted by atomic mass is 10.1. The van der Waals surface area contributed by atoms with Crippen LogP contribution in [0.3, 0.4) is 0 Å². The molecule has 1 heterocycles. The SMILES string of the molecule is CC(C)(C)OC(=O)N1CCCCC(C=O)C1. The fourth-order valence-electron chi connectivity index (χ4n) is 1.78. The molecule has 0 radical (unpaired) electrons. The predicted molar refractivity (Wildman–Crippen MR) is 61.2 cm³/mol. The van der Waals surface area contributed by atoms with E-state index in [0.29, 0.717) is 13.1 Å². The number of rotatable bonds is 1. The van der Waals surface area contributed by atoms with Crippen molar-refractivity contribution in [2.45, 2.75) is 45.6 Å². The molecule has 0 aromatic carbocycles. The normalized spacial score (nSPS) is 22.4. The second-order valence-corrected chi connectivity index (χ2v) is 5.32. The van der Waals surface area contributed by atoms with Crippen LogP contribution in [0.1, 0.15) is 40.0 Å². The third kappa shape index (κ3) is 4.21. The molecule has 0 aromatic heterocycles. The Labute approximate surface area is 96.9 Å². The summed E-state index contributed by atoms with van der Waals surface area (Å²) in [7, 11) is 0. The van der Waals surface area contributed by atoms with Gasteiger partial charge in [-0.2, -0.15) is 0 Å². The van der Waals surface area contributed by atoms with Gasteiger partial charge in [-0.3, -0.25) is 0 Å². The van der Waals surface area contributed by atoms with E-state index in [9.17, 15) is 9.59 Å². The van der Waals surface area contributed by atoms with Crippen molar-refractivity contribution in [2.24, 2.45) is 5.92 Å². The number of ether oxygens (including phenoxy) is 1. The third-order valence-corrected chi connectivity index (χ3v) is 2.55. The molecule has 1 saturated heterocycles. The van der Waals surface area contributed by atoms with E-state index in [4.69, 9.17) is 4.74 Å². The summed E-state index contributed by atoms with van der Waals surface area (Å²) in [6.07, 6.45) is 3.47. The Morgan fingerprint density at radius 3 is 2.62 bits per heavy atom. The molecule has 0 N–H and O–H groups in total. The number of hydrogen-bond donors (Lipinski definition) is 0. The fourth-order valence-corrected chi connectivity index (χ4v) is 1.78. The van der Waals surface area contributed by atoms with Gasteiger partial charge in [-0.25, -0.2) is 4.79 Å². The summed E-state index contributed by atoms with van der Waals surface area (Å²) in [5.74, 6) is -0.0324. The number of amides is 1. The highest BCUT2D eigenvalue weighted by Gasteiger charge is 2.25. The monoisotopic (exact) mass is 227 g/mol. The van der Waals surface area contributed by atoms with Crippen molar-refractivity contribution < 1.29 is 14.3 Å². The average molecular weight is 227 g/mol. The minimum absolute atomic E-state index is 0.0324. The lowest BCUT2D eigenvalue weighted by Crippen LogP contribution is -2.39. The predicted octanol–water partition coefficient (Wildman–Crippen LogP) is 2.22. The molecular weight excluding hydrogens is 206 g/mol. The van der Waals surface area contributed by atoms with Gasteiger partial charge in [-0.1, -0.05) is 6.42 Å². The molecule has 1 aliphatic heterocycles. The van der Waals surface area contributed by atoms with E-state index in [1.54, 1.807) is 4.90 Å². The Morgan fingerprint density at radius 2 is 2.06 bits per heavy atom. The minimum Gasteiger partial charge on any atom is -0.444 e. The van der Waals surface area contributed by atoms with E-state index < -0.39 is 5.60 Å². The smallest absolute Gasteiger partial charge is 0.410 e. The van der Waals surface area contributed by atoms with E-state index in [1.165, 1.54) is 0 Å². The van der Waals surface area contributed by atoms with Crippen molar-refractivity contribution in [3.8, 4) is 0 Å². The molecule has 0 bridgehead atoms. The number of likely N-dealkylation sites (tertiary alicyclic amines) is 1. The second kappa shape index (κ2) is 5.32. The molecule has 16 heavy (non-hydrogen) atoms. The topological polar surface area (TPSA) is 46.6 Å². The van der Waals surface area contributed by atoms with Gasteiger partial charge in [0.15, 0.2) is 0 Å². The van der Waals surface area contributed by atoms with Crippen LogP contribution in [0.4, 0.5) is 4.79 Å². The molecule has 4 nitrogen and oxygen atoms in total. The van der Waals surface area contributed by atoms with E-state index >= 15 is 0 Å². The average Bonchev–Trinajstić information content (AvgIpc) is 2.39. The zero-order chi connectivity index (χ0) is 12.2. The standard InChI is InChI=1S/C12H21NO3/c1-12(2,3)16-11(15)13-7-5-4-6-10(8-13)9-14/h9-10H,4-8H2,1-3H3. The first-order valence-corrected chi connectivity index (χ1v) is 5.85. The largest absolute Gasteiger partial charge is 0.444 e. The van der Waals surface area contributed by atoms with Crippen molar-refractivity contribution in [1.29, 1.82) is 0 Å². The van der Waals surface area contributed by atoms with Gasteiger partial charge in [0.1, 0.15) is 11.9 Å². The van der Waals surface area contributed by atoms with E-state index in [1.807, 2.05) is 20.8 Å². The summed E-state index contributed by atoms with van der Waals surface area (Å²) in [4.78, 5) is 24.3. The van der Waals surface area contributed by atoms with Gasteiger partial charge in [0.2, 0.25) is 0 Å². The van der Waals surface area contributed by atoms with Crippen LogP contribution in [0.15, 0.2) is 0 Å². The van der Waals surface area contributed by atoms with Gasteiger partial charge in [-0.05, 0) is 33.6 Å².